The molecule has 3 rings (SSSR count). The molecule has 0 saturated carbocycles. The summed E-state index contributed by atoms with van der Waals surface area (Å²) < 4.78 is 3.07. The van der Waals surface area contributed by atoms with Crippen molar-refractivity contribution in [3.63, 3.8) is 0 Å². The number of aryl methyl sites for hydroxylation is 1. The van der Waals surface area contributed by atoms with Crippen LogP contribution in [0.3, 0.4) is 0 Å². The fourth-order valence-corrected chi connectivity index (χ4v) is 1.73. The Labute approximate surface area is 107 Å². The Balaban J connectivity index is 1.70. The summed E-state index contributed by atoms with van der Waals surface area (Å²) in [5, 5.41) is 21.2. The van der Waals surface area contributed by atoms with E-state index in [4.69, 9.17) is 0 Å². The van der Waals surface area contributed by atoms with Gasteiger partial charge >= 0.3 is 5.69 Å². The quantitative estimate of drug-likeness (QED) is 0.636. The Morgan fingerprint density at radius 1 is 1.42 bits per heavy atom. The summed E-state index contributed by atoms with van der Waals surface area (Å²) in [7, 11) is 1.89. The average molecular weight is 260 g/mol. The van der Waals surface area contributed by atoms with Crippen molar-refractivity contribution in [2.75, 3.05) is 11.9 Å². The molecule has 0 spiro atoms. The molecule has 3 aromatic rings. The van der Waals surface area contributed by atoms with Gasteiger partial charge in [-0.15, -0.1) is 15.3 Å². The molecule has 0 aromatic carbocycles. The van der Waals surface area contributed by atoms with Crippen LogP contribution in [0.4, 0.5) is 5.82 Å². The molecule has 0 aliphatic carbocycles. The maximum atomic E-state index is 11.4. The molecule has 98 valence electrons. The highest BCUT2D eigenvalue weighted by Gasteiger charge is 2.03. The third kappa shape index (κ3) is 2.17. The molecule has 0 unspecified atom stereocenters. The highest BCUT2D eigenvalue weighted by atomic mass is 16.2. The summed E-state index contributed by atoms with van der Waals surface area (Å²) >= 11 is 0. The van der Waals surface area contributed by atoms with Gasteiger partial charge in [0.25, 0.3) is 0 Å². The summed E-state index contributed by atoms with van der Waals surface area (Å²) in [6, 6.07) is 3.49. The maximum absolute atomic E-state index is 11.4. The molecule has 3 aromatic heterocycles. The van der Waals surface area contributed by atoms with Gasteiger partial charge in [0.15, 0.2) is 5.65 Å². The molecule has 0 radical (unpaired) electrons. The molecule has 0 saturated heterocycles. The van der Waals surface area contributed by atoms with Gasteiger partial charge in [-0.2, -0.15) is 9.61 Å². The lowest BCUT2D eigenvalue weighted by Gasteiger charge is -2.04. The Morgan fingerprint density at radius 3 is 3.11 bits per heavy atom. The van der Waals surface area contributed by atoms with Crippen molar-refractivity contribution in [1.29, 1.82) is 0 Å². The highest BCUT2D eigenvalue weighted by molar-refractivity contribution is 5.42. The van der Waals surface area contributed by atoms with Crippen molar-refractivity contribution < 1.29 is 0 Å². The number of anilines is 1. The van der Waals surface area contributed by atoms with Crippen LogP contribution in [0.25, 0.3) is 5.65 Å². The van der Waals surface area contributed by atoms with Crippen molar-refractivity contribution in [3.05, 3.63) is 34.8 Å². The van der Waals surface area contributed by atoms with E-state index in [0.717, 1.165) is 12.2 Å². The summed E-state index contributed by atoms with van der Waals surface area (Å²) in [5.41, 5.74) is 0.135. The number of aromatic amines is 1. The minimum Gasteiger partial charge on any atom is -0.368 e. The first kappa shape index (κ1) is 11.4. The van der Waals surface area contributed by atoms with Crippen molar-refractivity contribution in [3.8, 4) is 0 Å². The average Bonchev–Trinajstić information content (AvgIpc) is 2.98. The lowest BCUT2D eigenvalue weighted by molar-refractivity contribution is 0.784. The summed E-state index contributed by atoms with van der Waals surface area (Å²) in [5.74, 6) is 1.49. The maximum Gasteiger partial charge on any atom is 0.364 e. The van der Waals surface area contributed by atoms with Gasteiger partial charge in [0, 0.05) is 20.0 Å². The van der Waals surface area contributed by atoms with Crippen LogP contribution in [0.1, 0.15) is 5.82 Å². The second-order valence-corrected chi connectivity index (χ2v) is 4.05. The largest absolute Gasteiger partial charge is 0.368 e. The Hall–Kier alpha value is -2.71. The van der Waals surface area contributed by atoms with Gasteiger partial charge in [0.05, 0.1) is 0 Å². The highest BCUT2D eigenvalue weighted by Crippen LogP contribution is 2.03. The van der Waals surface area contributed by atoms with Crippen LogP contribution >= 0.6 is 0 Å². The molecule has 0 fully saturated rings. The van der Waals surface area contributed by atoms with E-state index >= 15 is 0 Å². The van der Waals surface area contributed by atoms with Gasteiger partial charge in [0.1, 0.15) is 18.0 Å². The van der Waals surface area contributed by atoms with Crippen molar-refractivity contribution in [1.82, 2.24) is 34.6 Å². The number of hydrogen-bond acceptors (Lipinski definition) is 6. The van der Waals surface area contributed by atoms with E-state index in [2.05, 4.69) is 30.8 Å². The zero-order chi connectivity index (χ0) is 13.2. The number of rotatable bonds is 4. The molecule has 0 bridgehead atoms. The zero-order valence-electron chi connectivity index (χ0n) is 10.2. The van der Waals surface area contributed by atoms with E-state index in [1.165, 1.54) is 4.52 Å². The van der Waals surface area contributed by atoms with Crippen LogP contribution < -0.4 is 11.0 Å². The Bertz CT molecular complexity index is 754. The van der Waals surface area contributed by atoms with E-state index in [0.29, 0.717) is 18.0 Å². The first-order valence-corrected chi connectivity index (χ1v) is 5.75. The van der Waals surface area contributed by atoms with E-state index < -0.39 is 0 Å². The van der Waals surface area contributed by atoms with Gasteiger partial charge < -0.3 is 9.88 Å². The third-order valence-electron chi connectivity index (χ3n) is 2.73. The second-order valence-electron chi connectivity index (χ2n) is 4.05. The molecule has 0 aliphatic rings. The van der Waals surface area contributed by atoms with Crippen molar-refractivity contribution >= 4 is 11.5 Å². The Kier molecular flexibility index (Phi) is 2.71. The summed E-state index contributed by atoms with van der Waals surface area (Å²) in [6.07, 6.45) is 2.38. The van der Waals surface area contributed by atoms with Gasteiger partial charge in [-0.1, -0.05) is 0 Å². The van der Waals surface area contributed by atoms with E-state index in [9.17, 15) is 4.79 Å². The van der Waals surface area contributed by atoms with E-state index in [1.54, 1.807) is 18.5 Å². The molecule has 3 heterocycles. The van der Waals surface area contributed by atoms with Crippen LogP contribution in [0.5, 0.6) is 0 Å². The lowest BCUT2D eigenvalue weighted by Crippen LogP contribution is -2.15. The van der Waals surface area contributed by atoms with Crippen LogP contribution in [0.15, 0.2) is 23.3 Å². The molecule has 9 heteroatoms. The monoisotopic (exact) mass is 260 g/mol. The molecule has 0 atom stereocenters. The molecular formula is C10H12N8O. The predicted molar refractivity (Wildman–Crippen MR) is 66.8 cm³/mol. The molecule has 0 aliphatic heterocycles. The predicted octanol–water partition coefficient (Wildman–Crippen LogP) is -0.799. The number of hydrogen-bond donors (Lipinski definition) is 2. The van der Waals surface area contributed by atoms with Crippen LogP contribution in [0.2, 0.25) is 0 Å². The first-order valence-electron chi connectivity index (χ1n) is 5.75. The molecule has 9 nitrogen and oxygen atoms in total. The van der Waals surface area contributed by atoms with Gasteiger partial charge in [-0.3, -0.25) is 0 Å². The van der Waals surface area contributed by atoms with E-state index in [1.807, 2.05) is 11.6 Å². The number of fused-ring (bicyclic) bond motifs is 1. The fraction of sp³-hybridized carbons (Fsp3) is 0.300. The van der Waals surface area contributed by atoms with Gasteiger partial charge in [-0.25, -0.2) is 9.89 Å². The first-order chi connectivity index (χ1) is 9.24. The number of nitrogens with one attached hydrogen (secondary N) is 2. The molecule has 2 N–H and O–H groups in total. The minimum absolute atomic E-state index is 0.355. The molecule has 19 heavy (non-hydrogen) atoms. The van der Waals surface area contributed by atoms with Gasteiger partial charge in [0.2, 0.25) is 0 Å². The topological polar surface area (TPSA) is 106 Å². The molecular weight excluding hydrogens is 248 g/mol. The van der Waals surface area contributed by atoms with Crippen molar-refractivity contribution in [2.24, 2.45) is 7.05 Å². The third-order valence-corrected chi connectivity index (χ3v) is 2.73. The summed E-state index contributed by atoms with van der Waals surface area (Å²) in [4.78, 5) is 11.4. The Morgan fingerprint density at radius 2 is 2.32 bits per heavy atom. The smallest absolute Gasteiger partial charge is 0.364 e. The van der Waals surface area contributed by atoms with E-state index in [-0.39, 0.29) is 5.69 Å². The number of aromatic nitrogens is 7. The van der Waals surface area contributed by atoms with Crippen LogP contribution in [-0.4, -0.2) is 41.1 Å². The second kappa shape index (κ2) is 4.52. The molecule has 0 amide bonds. The lowest BCUT2D eigenvalue weighted by atomic mass is 10.4. The van der Waals surface area contributed by atoms with Crippen molar-refractivity contribution in [2.45, 2.75) is 6.42 Å². The SMILES string of the molecule is Cn1cnnc1CCNc1ccc2n[nH]c(=O)n2n1. The summed E-state index contributed by atoms with van der Waals surface area (Å²) in [6.45, 7) is 0.650. The minimum atomic E-state index is -0.355. The zero-order valence-corrected chi connectivity index (χ0v) is 10.2. The van der Waals surface area contributed by atoms with Crippen LogP contribution in [-0.2, 0) is 13.5 Å². The normalized spacial score (nSPS) is 11.0. The van der Waals surface area contributed by atoms with Gasteiger partial charge in [-0.05, 0) is 12.1 Å². The standard InChI is InChI=1S/C10H12N8O/c1-17-6-12-13-8(17)4-5-11-7-2-3-9-14-15-10(19)18(9)16-7/h2-3,6H,4-5H2,1H3,(H,11,16)(H,15,19). The number of H-pyrrole nitrogens is 1. The fourth-order valence-electron chi connectivity index (χ4n) is 1.73. The number of nitrogens with zero attached hydrogens (tertiary/aromatic N) is 6. The van der Waals surface area contributed by atoms with Crippen LogP contribution in [0, 0.1) is 0 Å².